The summed E-state index contributed by atoms with van der Waals surface area (Å²) in [4.78, 5) is 28.5. The first-order valence-electron chi connectivity index (χ1n) is 12.2. The maximum atomic E-state index is 14.7. The molecule has 0 fully saturated rings. The van der Waals surface area contributed by atoms with Crippen molar-refractivity contribution in [2.24, 2.45) is 0 Å². The Hall–Kier alpha value is -3.43. The van der Waals surface area contributed by atoms with Gasteiger partial charge in [-0.2, -0.15) is 0 Å². The number of anilines is 1. The number of carbonyl (C=O) groups excluding carboxylic acids is 2. The van der Waals surface area contributed by atoms with Crippen LogP contribution in [0.3, 0.4) is 0 Å². The van der Waals surface area contributed by atoms with E-state index in [-0.39, 0.29) is 29.2 Å². The molecule has 0 saturated carbocycles. The third kappa shape index (κ3) is 7.79. The number of rotatable bonds is 12. The fourth-order valence-electron chi connectivity index (χ4n) is 3.98. The average Bonchev–Trinajstić information content (AvgIpc) is 2.89. The van der Waals surface area contributed by atoms with E-state index in [4.69, 9.17) is 11.6 Å². The van der Waals surface area contributed by atoms with Crippen molar-refractivity contribution in [1.82, 2.24) is 10.2 Å². The summed E-state index contributed by atoms with van der Waals surface area (Å²) < 4.78 is 41.1. The molecule has 7 nitrogen and oxygen atoms in total. The number of para-hydroxylation sites is 1. The number of sulfonamides is 1. The van der Waals surface area contributed by atoms with E-state index >= 15 is 0 Å². The Labute approximate surface area is 228 Å². The van der Waals surface area contributed by atoms with Gasteiger partial charge in [-0.3, -0.25) is 13.9 Å². The highest BCUT2D eigenvalue weighted by Crippen LogP contribution is 2.28. The summed E-state index contributed by atoms with van der Waals surface area (Å²) in [5.74, 6) is -1.63. The van der Waals surface area contributed by atoms with Gasteiger partial charge in [0, 0.05) is 25.1 Å². The van der Waals surface area contributed by atoms with Crippen LogP contribution in [0.25, 0.3) is 0 Å². The van der Waals surface area contributed by atoms with E-state index in [1.807, 2.05) is 37.3 Å². The van der Waals surface area contributed by atoms with E-state index in [0.29, 0.717) is 13.0 Å². The van der Waals surface area contributed by atoms with Crippen molar-refractivity contribution >= 4 is 39.1 Å². The molecule has 202 valence electrons. The van der Waals surface area contributed by atoms with Crippen LogP contribution in [-0.4, -0.2) is 50.5 Å². The van der Waals surface area contributed by atoms with Gasteiger partial charge in [0.1, 0.15) is 18.4 Å². The van der Waals surface area contributed by atoms with Gasteiger partial charge < -0.3 is 10.2 Å². The number of halogens is 2. The Bertz CT molecular complexity index is 1350. The summed E-state index contributed by atoms with van der Waals surface area (Å²) >= 11 is 6.27. The van der Waals surface area contributed by atoms with Crippen molar-refractivity contribution in [3.05, 3.63) is 101 Å². The van der Waals surface area contributed by atoms with Gasteiger partial charge in [0.2, 0.25) is 21.8 Å². The van der Waals surface area contributed by atoms with Gasteiger partial charge >= 0.3 is 0 Å². The number of nitrogens with one attached hydrogen (secondary N) is 1. The minimum absolute atomic E-state index is 0.130. The van der Waals surface area contributed by atoms with Gasteiger partial charge in [-0.05, 0) is 30.2 Å². The summed E-state index contributed by atoms with van der Waals surface area (Å²) in [6.45, 7) is 1.44. The van der Waals surface area contributed by atoms with E-state index < -0.39 is 40.2 Å². The first-order chi connectivity index (χ1) is 18.1. The minimum atomic E-state index is -3.94. The number of benzene rings is 3. The zero-order valence-corrected chi connectivity index (χ0v) is 22.9. The highest BCUT2D eigenvalue weighted by molar-refractivity contribution is 7.92. The fraction of sp³-hybridized carbons (Fsp3) is 0.286. The average molecular weight is 560 g/mol. The Morgan fingerprint density at radius 2 is 1.61 bits per heavy atom. The molecule has 1 N–H and O–H groups in total. The zero-order valence-electron chi connectivity index (χ0n) is 21.3. The van der Waals surface area contributed by atoms with Crippen LogP contribution in [0.5, 0.6) is 0 Å². The number of hydrogen-bond acceptors (Lipinski definition) is 4. The molecule has 0 aliphatic carbocycles. The van der Waals surface area contributed by atoms with Gasteiger partial charge in [0.15, 0.2) is 0 Å². The molecule has 0 heterocycles. The minimum Gasteiger partial charge on any atom is -0.354 e. The van der Waals surface area contributed by atoms with Gasteiger partial charge in [-0.15, -0.1) is 0 Å². The molecule has 1 unspecified atom stereocenters. The molecule has 0 aliphatic rings. The standard InChI is InChI=1S/C28H31ClFN3O4S/c1-3-17-31-28(35)26(18-21-11-5-4-6-12-21)32(19-22-13-7-9-15-24(22)30)27(34)20-33(38(2,36)37)25-16-10-8-14-23(25)29/h4-16,26H,3,17-20H2,1-2H3,(H,31,35). The SMILES string of the molecule is CCCNC(=O)C(Cc1ccccc1)N(Cc1ccccc1F)C(=O)CN(c1ccccc1Cl)S(C)(=O)=O. The van der Waals surface area contributed by atoms with Crippen LogP contribution in [-0.2, 0) is 32.6 Å². The van der Waals surface area contributed by atoms with E-state index in [0.717, 1.165) is 16.1 Å². The fourth-order valence-corrected chi connectivity index (χ4v) is 5.13. The summed E-state index contributed by atoms with van der Waals surface area (Å²) in [6.07, 6.45) is 1.81. The van der Waals surface area contributed by atoms with Gasteiger partial charge in [-0.25, -0.2) is 12.8 Å². The molecule has 3 rings (SSSR count). The maximum Gasteiger partial charge on any atom is 0.244 e. The van der Waals surface area contributed by atoms with Crippen LogP contribution >= 0.6 is 11.6 Å². The number of carbonyl (C=O) groups is 2. The molecule has 0 aromatic heterocycles. The topological polar surface area (TPSA) is 86.8 Å². The second-order valence-electron chi connectivity index (χ2n) is 8.83. The molecule has 3 aromatic rings. The molecule has 38 heavy (non-hydrogen) atoms. The second kappa shape index (κ2) is 13.4. The quantitative estimate of drug-likeness (QED) is 0.356. The van der Waals surface area contributed by atoms with E-state index in [2.05, 4.69) is 5.32 Å². The van der Waals surface area contributed by atoms with E-state index in [1.165, 1.54) is 35.2 Å². The van der Waals surface area contributed by atoms with Crippen LogP contribution in [0.2, 0.25) is 5.02 Å². The largest absolute Gasteiger partial charge is 0.354 e. The Balaban J connectivity index is 2.06. The summed E-state index contributed by atoms with van der Waals surface area (Å²) in [5.41, 5.74) is 1.12. The lowest BCUT2D eigenvalue weighted by atomic mass is 10.0. The van der Waals surface area contributed by atoms with Crippen molar-refractivity contribution in [3.8, 4) is 0 Å². The lowest BCUT2D eigenvalue weighted by Gasteiger charge is -2.33. The summed E-state index contributed by atoms with van der Waals surface area (Å²) in [5, 5.41) is 2.98. The Morgan fingerprint density at radius 3 is 2.24 bits per heavy atom. The molecule has 0 saturated heterocycles. The number of hydrogen-bond donors (Lipinski definition) is 1. The van der Waals surface area contributed by atoms with Gasteiger partial charge in [0.05, 0.1) is 17.0 Å². The molecular formula is C28H31ClFN3O4S. The monoisotopic (exact) mass is 559 g/mol. The third-order valence-electron chi connectivity index (χ3n) is 5.92. The van der Waals surface area contributed by atoms with Gasteiger partial charge in [0.25, 0.3) is 0 Å². The smallest absolute Gasteiger partial charge is 0.244 e. The Kier molecular flexibility index (Phi) is 10.3. The molecule has 0 spiro atoms. The first-order valence-corrected chi connectivity index (χ1v) is 14.4. The highest BCUT2D eigenvalue weighted by atomic mass is 35.5. The number of nitrogens with zero attached hydrogens (tertiary/aromatic N) is 2. The van der Waals surface area contributed by atoms with Crippen LogP contribution in [0.15, 0.2) is 78.9 Å². The molecule has 2 amide bonds. The van der Waals surface area contributed by atoms with Crippen LogP contribution < -0.4 is 9.62 Å². The maximum absolute atomic E-state index is 14.7. The molecule has 10 heteroatoms. The van der Waals surface area contributed by atoms with E-state index in [9.17, 15) is 22.4 Å². The first kappa shape index (κ1) is 29.1. The van der Waals surface area contributed by atoms with Gasteiger partial charge in [-0.1, -0.05) is 79.2 Å². The molecule has 0 radical (unpaired) electrons. The molecule has 0 bridgehead atoms. The number of amides is 2. The molecular weight excluding hydrogens is 529 g/mol. The van der Waals surface area contributed by atoms with Crippen LogP contribution in [0.4, 0.5) is 10.1 Å². The summed E-state index contributed by atoms with van der Waals surface area (Å²) in [6, 6.07) is 20.4. The zero-order chi connectivity index (χ0) is 27.7. The Morgan fingerprint density at radius 1 is 0.974 bits per heavy atom. The molecule has 3 aromatic carbocycles. The lowest BCUT2D eigenvalue weighted by molar-refractivity contribution is -0.140. The molecule has 0 aliphatic heterocycles. The lowest BCUT2D eigenvalue weighted by Crippen LogP contribution is -2.53. The van der Waals surface area contributed by atoms with E-state index in [1.54, 1.807) is 18.2 Å². The van der Waals surface area contributed by atoms with Crippen LogP contribution in [0, 0.1) is 5.82 Å². The van der Waals surface area contributed by atoms with Crippen molar-refractivity contribution in [2.75, 3.05) is 23.7 Å². The third-order valence-corrected chi connectivity index (χ3v) is 7.37. The highest BCUT2D eigenvalue weighted by Gasteiger charge is 2.33. The van der Waals surface area contributed by atoms with Crippen molar-refractivity contribution in [3.63, 3.8) is 0 Å². The molecule has 1 atom stereocenters. The van der Waals surface area contributed by atoms with Crippen molar-refractivity contribution in [2.45, 2.75) is 32.4 Å². The predicted molar refractivity (Wildman–Crippen MR) is 148 cm³/mol. The van der Waals surface area contributed by atoms with Crippen molar-refractivity contribution in [1.29, 1.82) is 0 Å². The van der Waals surface area contributed by atoms with Crippen molar-refractivity contribution < 1.29 is 22.4 Å². The van der Waals surface area contributed by atoms with Crippen LogP contribution in [0.1, 0.15) is 24.5 Å². The second-order valence-corrected chi connectivity index (χ2v) is 11.1. The normalized spacial score (nSPS) is 12.0. The predicted octanol–water partition coefficient (Wildman–Crippen LogP) is 4.41. The summed E-state index contributed by atoms with van der Waals surface area (Å²) in [7, 11) is -3.94.